The Balaban J connectivity index is 1.64. The van der Waals surface area contributed by atoms with Crippen LogP contribution in [0.25, 0.3) is 27.6 Å². The summed E-state index contributed by atoms with van der Waals surface area (Å²) in [6.07, 6.45) is 8.47. The zero-order chi connectivity index (χ0) is 17.7. The molecule has 1 saturated carbocycles. The number of nitrogens with zero attached hydrogens (tertiary/aromatic N) is 2. The molecule has 3 N–H and O–H groups in total. The van der Waals surface area contributed by atoms with E-state index in [1.54, 1.807) is 0 Å². The van der Waals surface area contributed by atoms with E-state index >= 15 is 0 Å². The molecular weight excluding hydrogens is 344 g/mol. The van der Waals surface area contributed by atoms with Crippen molar-refractivity contribution in [3.05, 3.63) is 53.2 Å². The van der Waals surface area contributed by atoms with Crippen molar-refractivity contribution in [3.63, 3.8) is 0 Å². The molecule has 2 aromatic heterocycles. The monoisotopic (exact) mass is 364 g/mol. The average Bonchev–Trinajstić information content (AvgIpc) is 3.25. The number of hydrogen-bond acceptors (Lipinski definition) is 2. The Bertz CT molecular complexity index is 1100. The summed E-state index contributed by atoms with van der Waals surface area (Å²) in [5, 5.41) is 1.72. The van der Waals surface area contributed by atoms with E-state index in [0.29, 0.717) is 16.9 Å². The normalized spacial score (nSPS) is 15.9. The third-order valence-electron chi connectivity index (χ3n) is 5.64. The van der Waals surface area contributed by atoms with Gasteiger partial charge in [-0.3, -0.25) is 4.57 Å². The van der Waals surface area contributed by atoms with E-state index in [2.05, 4.69) is 34.2 Å². The van der Waals surface area contributed by atoms with E-state index in [4.69, 9.17) is 17.3 Å². The second-order valence-electron chi connectivity index (χ2n) is 7.25. The molecular formula is C21H21ClN4. The Labute approximate surface area is 157 Å². The van der Waals surface area contributed by atoms with E-state index in [0.717, 1.165) is 27.6 Å². The summed E-state index contributed by atoms with van der Waals surface area (Å²) in [6.45, 7) is 0. The van der Waals surface area contributed by atoms with E-state index in [9.17, 15) is 0 Å². The van der Waals surface area contributed by atoms with Crippen LogP contribution < -0.4 is 5.73 Å². The molecule has 1 aliphatic rings. The Hall–Kier alpha value is -2.46. The van der Waals surface area contributed by atoms with Gasteiger partial charge in [-0.25, -0.2) is 4.98 Å². The second kappa shape index (κ2) is 6.06. The van der Waals surface area contributed by atoms with E-state index in [-0.39, 0.29) is 0 Å². The van der Waals surface area contributed by atoms with Gasteiger partial charge in [0, 0.05) is 17.1 Å². The lowest BCUT2D eigenvalue weighted by atomic mass is 9.84. The van der Waals surface area contributed by atoms with Crippen LogP contribution in [0.3, 0.4) is 0 Å². The van der Waals surface area contributed by atoms with Crippen molar-refractivity contribution in [1.29, 1.82) is 0 Å². The van der Waals surface area contributed by atoms with Crippen molar-refractivity contribution in [2.75, 3.05) is 5.73 Å². The molecule has 1 fully saturated rings. The molecule has 132 valence electrons. The van der Waals surface area contributed by atoms with Crippen molar-refractivity contribution >= 4 is 39.5 Å². The van der Waals surface area contributed by atoms with Crippen molar-refractivity contribution in [2.24, 2.45) is 0 Å². The number of anilines is 1. The highest BCUT2D eigenvalue weighted by atomic mass is 35.5. The van der Waals surface area contributed by atoms with Crippen LogP contribution in [-0.4, -0.2) is 14.5 Å². The van der Waals surface area contributed by atoms with Gasteiger partial charge in [0.15, 0.2) is 0 Å². The van der Waals surface area contributed by atoms with Gasteiger partial charge in [-0.1, -0.05) is 36.9 Å². The van der Waals surface area contributed by atoms with Gasteiger partial charge in [-0.05, 0) is 54.7 Å². The molecule has 0 amide bonds. The summed E-state index contributed by atoms with van der Waals surface area (Å²) in [7, 11) is 0. The van der Waals surface area contributed by atoms with Gasteiger partial charge in [0.05, 0.1) is 21.7 Å². The van der Waals surface area contributed by atoms with Crippen LogP contribution in [0.5, 0.6) is 0 Å². The van der Waals surface area contributed by atoms with E-state index < -0.39 is 0 Å². The highest BCUT2D eigenvalue weighted by Crippen LogP contribution is 2.35. The average molecular weight is 365 g/mol. The van der Waals surface area contributed by atoms with Gasteiger partial charge >= 0.3 is 0 Å². The molecule has 0 saturated heterocycles. The number of aromatic nitrogens is 3. The van der Waals surface area contributed by atoms with Crippen LogP contribution in [0.1, 0.15) is 43.6 Å². The first-order valence-electron chi connectivity index (χ1n) is 9.25. The van der Waals surface area contributed by atoms with Crippen LogP contribution in [0.2, 0.25) is 5.02 Å². The molecule has 5 rings (SSSR count). The number of nitrogen functional groups attached to an aromatic ring is 1. The maximum atomic E-state index is 6.46. The maximum Gasteiger partial charge on any atom is 0.205 e. The first-order valence-corrected chi connectivity index (χ1v) is 9.63. The highest BCUT2D eigenvalue weighted by Gasteiger charge is 2.18. The molecule has 0 spiro atoms. The van der Waals surface area contributed by atoms with Gasteiger partial charge in [-0.15, -0.1) is 0 Å². The molecule has 5 heteroatoms. The van der Waals surface area contributed by atoms with Crippen molar-refractivity contribution in [3.8, 4) is 5.69 Å². The van der Waals surface area contributed by atoms with Crippen LogP contribution in [-0.2, 0) is 0 Å². The number of H-pyrrole nitrogens is 1. The van der Waals surface area contributed by atoms with Gasteiger partial charge in [0.25, 0.3) is 0 Å². The third kappa shape index (κ3) is 2.48. The van der Waals surface area contributed by atoms with Crippen LogP contribution >= 0.6 is 11.6 Å². The molecule has 0 radical (unpaired) electrons. The zero-order valence-corrected chi connectivity index (χ0v) is 15.3. The summed E-state index contributed by atoms with van der Waals surface area (Å²) in [5.74, 6) is 1.15. The van der Waals surface area contributed by atoms with Crippen molar-refractivity contribution < 1.29 is 0 Å². The minimum absolute atomic E-state index is 0.489. The van der Waals surface area contributed by atoms with Gasteiger partial charge in [0.2, 0.25) is 5.95 Å². The summed E-state index contributed by atoms with van der Waals surface area (Å²) >= 11 is 6.46. The molecule has 2 aromatic carbocycles. The first kappa shape index (κ1) is 15.8. The Morgan fingerprint density at radius 1 is 1.08 bits per heavy atom. The van der Waals surface area contributed by atoms with Crippen LogP contribution in [0.15, 0.2) is 42.6 Å². The fourth-order valence-corrected chi connectivity index (χ4v) is 4.59. The topological polar surface area (TPSA) is 59.6 Å². The van der Waals surface area contributed by atoms with E-state index in [1.807, 2.05) is 22.9 Å². The lowest BCUT2D eigenvalue weighted by Crippen LogP contribution is -2.04. The SMILES string of the molecule is Nc1nc2cc(C3CCCCC3)ccc2n1-c1cc(Cl)c2cc[nH]c2c1. The van der Waals surface area contributed by atoms with E-state index in [1.165, 1.54) is 37.7 Å². The van der Waals surface area contributed by atoms with Gasteiger partial charge < -0.3 is 10.7 Å². The number of nitrogens with one attached hydrogen (secondary N) is 1. The lowest BCUT2D eigenvalue weighted by Gasteiger charge is -2.21. The molecule has 0 atom stereocenters. The van der Waals surface area contributed by atoms with Gasteiger partial charge in [-0.2, -0.15) is 0 Å². The van der Waals surface area contributed by atoms with Crippen LogP contribution in [0.4, 0.5) is 5.95 Å². The lowest BCUT2D eigenvalue weighted by molar-refractivity contribution is 0.444. The number of fused-ring (bicyclic) bond motifs is 2. The molecule has 0 bridgehead atoms. The maximum absolute atomic E-state index is 6.46. The Morgan fingerprint density at radius 2 is 1.92 bits per heavy atom. The Morgan fingerprint density at radius 3 is 2.77 bits per heavy atom. The number of nitrogens with two attached hydrogens (primary N) is 1. The number of rotatable bonds is 2. The second-order valence-corrected chi connectivity index (χ2v) is 7.66. The smallest absolute Gasteiger partial charge is 0.205 e. The largest absolute Gasteiger partial charge is 0.369 e. The molecule has 1 aliphatic carbocycles. The van der Waals surface area contributed by atoms with Gasteiger partial charge in [0.1, 0.15) is 0 Å². The minimum atomic E-state index is 0.489. The first-order chi connectivity index (χ1) is 12.7. The van der Waals surface area contributed by atoms with Crippen molar-refractivity contribution in [2.45, 2.75) is 38.0 Å². The number of imidazole rings is 1. The zero-order valence-electron chi connectivity index (χ0n) is 14.5. The number of halogens is 1. The fourth-order valence-electron chi connectivity index (χ4n) is 4.31. The molecule has 26 heavy (non-hydrogen) atoms. The molecule has 4 nitrogen and oxygen atoms in total. The molecule has 2 heterocycles. The number of hydrogen-bond donors (Lipinski definition) is 2. The Kier molecular flexibility index (Phi) is 3.68. The quantitative estimate of drug-likeness (QED) is 0.473. The fraction of sp³-hybridized carbons (Fsp3) is 0.286. The number of aromatic amines is 1. The summed E-state index contributed by atoms with van der Waals surface area (Å²) in [5.41, 5.74) is 11.6. The summed E-state index contributed by atoms with van der Waals surface area (Å²) in [4.78, 5) is 7.85. The third-order valence-corrected chi connectivity index (χ3v) is 5.96. The molecule has 0 aliphatic heterocycles. The standard InChI is InChI=1S/C21H21ClN4/c22-17-11-15(12-18-16(17)8-9-24-18)26-20-7-6-14(10-19(20)25-21(26)23)13-4-2-1-3-5-13/h6-13,24H,1-5H2,(H2,23,25). The minimum Gasteiger partial charge on any atom is -0.369 e. The summed E-state index contributed by atoms with van der Waals surface area (Å²) < 4.78 is 1.98. The predicted octanol–water partition coefficient (Wildman–Crippen LogP) is 5.79. The van der Waals surface area contributed by atoms with Crippen molar-refractivity contribution in [1.82, 2.24) is 14.5 Å². The predicted molar refractivity (Wildman–Crippen MR) is 108 cm³/mol. The highest BCUT2D eigenvalue weighted by molar-refractivity contribution is 6.35. The summed E-state index contributed by atoms with van der Waals surface area (Å²) in [6, 6.07) is 12.6. The molecule has 0 unspecified atom stereocenters. The van der Waals surface area contributed by atoms with Crippen LogP contribution in [0, 0.1) is 0 Å². The number of benzene rings is 2. The molecule has 4 aromatic rings.